The number of carbonyl (C=O) groups excluding carboxylic acids is 3. The lowest BCUT2D eigenvalue weighted by Gasteiger charge is -2.35. The number of likely N-dealkylation sites (tertiary alicyclic amines) is 1. The molecule has 0 radical (unpaired) electrons. The topological polar surface area (TPSA) is 60.9 Å². The third-order valence-corrected chi connectivity index (χ3v) is 6.12. The first-order valence-corrected chi connectivity index (χ1v) is 10.2. The second-order valence-corrected chi connectivity index (χ2v) is 7.88. The van der Waals surface area contributed by atoms with E-state index in [0.717, 1.165) is 19.6 Å². The second-order valence-electron chi connectivity index (χ2n) is 7.88. The van der Waals surface area contributed by atoms with Crippen LogP contribution < -0.4 is 0 Å². The highest BCUT2D eigenvalue weighted by Gasteiger charge is 2.47. The van der Waals surface area contributed by atoms with Crippen LogP contribution >= 0.6 is 0 Å². The van der Waals surface area contributed by atoms with Crippen molar-refractivity contribution in [3.8, 4) is 0 Å². The summed E-state index contributed by atoms with van der Waals surface area (Å²) in [5, 5.41) is 0. The van der Waals surface area contributed by atoms with E-state index in [1.165, 1.54) is 10.5 Å². The standard InChI is InChI=1S/C22H27N3O3/c26-20(10-11-25-21(27)18-8-4-5-9-19(18)22(25)28)24-14-12-23(13-15-24)16-17-6-2-1-3-7-17/h1-7,18-19H,8-16H2/t18-,19-/m1/s1. The van der Waals surface area contributed by atoms with Gasteiger partial charge in [-0.15, -0.1) is 0 Å². The molecule has 0 spiro atoms. The molecule has 1 aliphatic carbocycles. The molecule has 0 unspecified atom stereocenters. The van der Waals surface area contributed by atoms with Crippen molar-refractivity contribution in [3.05, 3.63) is 48.0 Å². The molecule has 0 N–H and O–H groups in total. The van der Waals surface area contributed by atoms with Crippen LogP contribution in [0.25, 0.3) is 0 Å². The zero-order chi connectivity index (χ0) is 19.5. The Labute approximate surface area is 165 Å². The Morgan fingerprint density at radius 3 is 2.11 bits per heavy atom. The van der Waals surface area contributed by atoms with E-state index in [-0.39, 0.29) is 42.5 Å². The van der Waals surface area contributed by atoms with Gasteiger partial charge >= 0.3 is 0 Å². The van der Waals surface area contributed by atoms with Crippen molar-refractivity contribution >= 4 is 17.7 Å². The first kappa shape index (κ1) is 18.9. The summed E-state index contributed by atoms with van der Waals surface area (Å²) in [6.07, 6.45) is 5.47. The lowest BCUT2D eigenvalue weighted by atomic mass is 9.85. The quantitative estimate of drug-likeness (QED) is 0.575. The van der Waals surface area contributed by atoms with Gasteiger partial charge in [0.2, 0.25) is 17.7 Å². The van der Waals surface area contributed by atoms with Crippen molar-refractivity contribution in [2.24, 2.45) is 11.8 Å². The van der Waals surface area contributed by atoms with Crippen molar-refractivity contribution < 1.29 is 14.4 Å². The predicted molar refractivity (Wildman–Crippen MR) is 105 cm³/mol. The SMILES string of the molecule is O=C(CCN1C(=O)[C@@H]2CC=CC[C@H]2C1=O)N1CCN(Cc2ccccc2)CC1. The molecule has 2 aliphatic heterocycles. The Kier molecular flexibility index (Phi) is 5.57. The van der Waals surface area contributed by atoms with Crippen molar-refractivity contribution in [1.82, 2.24) is 14.7 Å². The van der Waals surface area contributed by atoms with Gasteiger partial charge < -0.3 is 4.90 Å². The summed E-state index contributed by atoms with van der Waals surface area (Å²) in [7, 11) is 0. The molecular weight excluding hydrogens is 354 g/mol. The number of rotatable bonds is 5. The van der Waals surface area contributed by atoms with Crippen molar-refractivity contribution in [3.63, 3.8) is 0 Å². The van der Waals surface area contributed by atoms with Gasteiger partial charge in [-0.05, 0) is 18.4 Å². The van der Waals surface area contributed by atoms with E-state index in [2.05, 4.69) is 17.0 Å². The summed E-state index contributed by atoms with van der Waals surface area (Å²) in [4.78, 5) is 43.1. The number of nitrogens with zero attached hydrogens (tertiary/aromatic N) is 3. The van der Waals surface area contributed by atoms with Gasteiger partial charge in [-0.1, -0.05) is 42.5 Å². The van der Waals surface area contributed by atoms with Gasteiger partial charge in [0.05, 0.1) is 11.8 Å². The Balaban J connectivity index is 1.24. The lowest BCUT2D eigenvalue weighted by molar-refractivity contribution is -0.141. The van der Waals surface area contributed by atoms with Crippen molar-refractivity contribution in [2.75, 3.05) is 32.7 Å². The molecule has 2 atom stereocenters. The number of benzene rings is 1. The van der Waals surface area contributed by atoms with Crippen LogP contribution in [0.5, 0.6) is 0 Å². The highest BCUT2D eigenvalue weighted by atomic mass is 16.2. The number of hydrogen-bond donors (Lipinski definition) is 0. The maximum Gasteiger partial charge on any atom is 0.233 e. The average Bonchev–Trinajstić information content (AvgIpc) is 2.98. The summed E-state index contributed by atoms with van der Waals surface area (Å²) in [6.45, 7) is 4.20. The third-order valence-electron chi connectivity index (χ3n) is 6.12. The van der Waals surface area contributed by atoms with E-state index < -0.39 is 0 Å². The van der Waals surface area contributed by atoms with Gasteiger partial charge in [-0.3, -0.25) is 24.2 Å². The second kappa shape index (κ2) is 8.27. The number of amides is 3. The van der Waals surface area contributed by atoms with Crippen LogP contribution in [0.1, 0.15) is 24.8 Å². The van der Waals surface area contributed by atoms with Crippen LogP contribution in [0.3, 0.4) is 0 Å². The van der Waals surface area contributed by atoms with Gasteiger partial charge in [-0.25, -0.2) is 0 Å². The zero-order valence-corrected chi connectivity index (χ0v) is 16.1. The van der Waals surface area contributed by atoms with Crippen molar-refractivity contribution in [1.29, 1.82) is 0 Å². The summed E-state index contributed by atoms with van der Waals surface area (Å²) in [6, 6.07) is 10.3. The number of hydrogen-bond acceptors (Lipinski definition) is 4. The molecule has 2 fully saturated rings. The molecule has 3 aliphatic rings. The fourth-order valence-electron chi connectivity index (χ4n) is 4.45. The molecule has 2 heterocycles. The lowest BCUT2D eigenvalue weighted by Crippen LogP contribution is -2.49. The van der Waals surface area contributed by atoms with Crippen LogP contribution in [0.4, 0.5) is 0 Å². The first-order chi connectivity index (χ1) is 13.6. The highest BCUT2D eigenvalue weighted by Crippen LogP contribution is 2.35. The Morgan fingerprint density at radius 2 is 1.50 bits per heavy atom. The molecule has 6 nitrogen and oxygen atoms in total. The summed E-state index contributed by atoms with van der Waals surface area (Å²) >= 11 is 0. The maximum absolute atomic E-state index is 12.6. The fourth-order valence-corrected chi connectivity index (χ4v) is 4.45. The molecule has 0 aromatic heterocycles. The predicted octanol–water partition coefficient (Wildman–Crippen LogP) is 1.67. The highest BCUT2D eigenvalue weighted by molar-refractivity contribution is 6.05. The third kappa shape index (κ3) is 3.87. The number of fused-ring (bicyclic) bond motifs is 1. The van der Waals surface area contributed by atoms with E-state index in [1.807, 2.05) is 35.3 Å². The summed E-state index contributed by atoms with van der Waals surface area (Å²) in [5.41, 5.74) is 1.28. The monoisotopic (exact) mass is 381 g/mol. The molecule has 6 heteroatoms. The summed E-state index contributed by atoms with van der Waals surface area (Å²) in [5.74, 6) is -0.587. The number of carbonyl (C=O) groups is 3. The van der Waals surface area contributed by atoms with E-state index in [1.54, 1.807) is 0 Å². The molecule has 148 valence electrons. The van der Waals surface area contributed by atoms with Gasteiger partial charge in [0.1, 0.15) is 0 Å². The number of allylic oxidation sites excluding steroid dienone is 2. The van der Waals surface area contributed by atoms with Crippen LogP contribution in [-0.2, 0) is 20.9 Å². The van der Waals surface area contributed by atoms with Crippen LogP contribution in [0.15, 0.2) is 42.5 Å². The minimum Gasteiger partial charge on any atom is -0.340 e. The zero-order valence-electron chi connectivity index (χ0n) is 16.1. The summed E-state index contributed by atoms with van der Waals surface area (Å²) < 4.78 is 0. The molecule has 1 aromatic rings. The van der Waals surface area contributed by atoms with E-state index in [0.29, 0.717) is 25.9 Å². The van der Waals surface area contributed by atoms with Gasteiger partial charge in [-0.2, -0.15) is 0 Å². The smallest absolute Gasteiger partial charge is 0.233 e. The van der Waals surface area contributed by atoms with E-state index >= 15 is 0 Å². The molecule has 28 heavy (non-hydrogen) atoms. The normalized spacial score (nSPS) is 25.3. The largest absolute Gasteiger partial charge is 0.340 e. The number of imide groups is 1. The van der Waals surface area contributed by atoms with E-state index in [4.69, 9.17) is 0 Å². The molecule has 1 aromatic carbocycles. The Bertz CT molecular complexity index is 742. The van der Waals surface area contributed by atoms with Crippen LogP contribution in [0, 0.1) is 11.8 Å². The molecule has 3 amide bonds. The molecule has 0 saturated carbocycles. The van der Waals surface area contributed by atoms with Gasteiger partial charge in [0.25, 0.3) is 0 Å². The van der Waals surface area contributed by atoms with Crippen molar-refractivity contribution in [2.45, 2.75) is 25.8 Å². The Morgan fingerprint density at radius 1 is 0.893 bits per heavy atom. The van der Waals surface area contributed by atoms with Gasteiger partial charge in [0, 0.05) is 45.7 Å². The first-order valence-electron chi connectivity index (χ1n) is 10.2. The average molecular weight is 381 g/mol. The maximum atomic E-state index is 12.6. The minimum absolute atomic E-state index is 0.0351. The molecular formula is C22H27N3O3. The van der Waals surface area contributed by atoms with Crippen LogP contribution in [0.2, 0.25) is 0 Å². The Hall–Kier alpha value is -2.47. The number of piperazine rings is 1. The minimum atomic E-state index is -0.214. The fraction of sp³-hybridized carbons (Fsp3) is 0.500. The van der Waals surface area contributed by atoms with Gasteiger partial charge in [0.15, 0.2) is 0 Å². The van der Waals surface area contributed by atoms with E-state index in [9.17, 15) is 14.4 Å². The molecule has 4 rings (SSSR count). The molecule has 0 bridgehead atoms. The van der Waals surface area contributed by atoms with Crippen LogP contribution in [-0.4, -0.2) is 65.1 Å². The molecule has 2 saturated heterocycles.